The summed E-state index contributed by atoms with van der Waals surface area (Å²) in [4.78, 5) is 11.8. The van der Waals surface area contributed by atoms with Gasteiger partial charge in [-0.25, -0.2) is 8.42 Å². The molecule has 0 aromatic heterocycles. The van der Waals surface area contributed by atoms with Gasteiger partial charge < -0.3 is 9.50 Å². The molecular weight excluding hydrogens is 342 g/mol. The van der Waals surface area contributed by atoms with E-state index in [1.54, 1.807) is 0 Å². The van der Waals surface area contributed by atoms with Crippen molar-refractivity contribution in [3.63, 3.8) is 0 Å². The van der Waals surface area contributed by atoms with Crippen molar-refractivity contribution < 1.29 is 25.8 Å². The van der Waals surface area contributed by atoms with Crippen LogP contribution in [0.3, 0.4) is 0 Å². The molecule has 23 heavy (non-hydrogen) atoms. The molecule has 1 rings (SSSR count). The highest BCUT2D eigenvalue weighted by Crippen LogP contribution is 2.26. The highest BCUT2D eigenvalue weighted by Gasteiger charge is 2.21. The molecule has 0 atom stereocenters. The Hall–Kier alpha value is -1.45. The van der Waals surface area contributed by atoms with Gasteiger partial charge in [-0.2, -0.15) is 8.42 Å². The Bertz CT molecular complexity index is 804. The van der Waals surface area contributed by atoms with Gasteiger partial charge in [-0.1, -0.05) is 0 Å². The zero-order valence-corrected chi connectivity index (χ0v) is 15.3. The molecule has 0 amide bonds. The fourth-order valence-electron chi connectivity index (χ4n) is 1.65. The molecule has 0 aliphatic rings. The van der Waals surface area contributed by atoms with E-state index in [2.05, 4.69) is 9.50 Å². The number of ketones is 1. The molecule has 0 aliphatic heterocycles. The van der Waals surface area contributed by atoms with Gasteiger partial charge in [0.25, 0.3) is 0 Å². The number of benzene rings is 1. The van der Waals surface area contributed by atoms with Crippen LogP contribution in [-0.2, 0) is 20.0 Å². The second kappa shape index (κ2) is 6.58. The largest absolute Gasteiger partial charge is 0.381 e. The summed E-state index contributed by atoms with van der Waals surface area (Å²) in [6.45, 7) is 5.71. The first-order chi connectivity index (χ1) is 10.2. The van der Waals surface area contributed by atoms with Gasteiger partial charge in [-0.15, -0.1) is 0 Å². The molecule has 0 heterocycles. The summed E-state index contributed by atoms with van der Waals surface area (Å²) in [7, 11) is -7.65. The van der Waals surface area contributed by atoms with Crippen LogP contribution in [0.5, 0.6) is 5.75 Å². The molecule has 0 saturated heterocycles. The third-order valence-corrected chi connectivity index (χ3v) is 4.29. The Kier molecular flexibility index (Phi) is 5.61. The lowest BCUT2D eigenvalue weighted by molar-refractivity contribution is 0.0982. The van der Waals surface area contributed by atoms with Crippen molar-refractivity contribution in [2.45, 2.75) is 31.2 Å². The highest BCUT2D eigenvalue weighted by atomic mass is 32.2. The van der Waals surface area contributed by atoms with E-state index in [1.165, 1.54) is 12.1 Å². The molecular formula is C14H21NO6S2. The van der Waals surface area contributed by atoms with Crippen molar-refractivity contribution in [2.24, 2.45) is 0 Å². The molecule has 0 spiro atoms. The van der Waals surface area contributed by atoms with Crippen LogP contribution >= 0.6 is 0 Å². The molecule has 0 saturated carbocycles. The van der Waals surface area contributed by atoms with E-state index < -0.39 is 20.0 Å². The first kappa shape index (κ1) is 19.6. The summed E-state index contributed by atoms with van der Waals surface area (Å²) >= 11 is 0. The molecule has 1 N–H and O–H groups in total. The van der Waals surface area contributed by atoms with Gasteiger partial charge in [0.2, 0.25) is 0 Å². The lowest BCUT2D eigenvalue weighted by Gasteiger charge is -2.20. The van der Waals surface area contributed by atoms with Crippen molar-refractivity contribution in [1.29, 1.82) is 0 Å². The summed E-state index contributed by atoms with van der Waals surface area (Å²) in [6.07, 6.45) is 1.73. The number of carbonyl (C=O) groups is 1. The minimum absolute atomic E-state index is 0.0268. The Labute approximate surface area is 137 Å². The molecule has 7 nitrogen and oxygen atoms in total. The highest BCUT2D eigenvalue weighted by molar-refractivity contribution is 7.91. The van der Waals surface area contributed by atoms with Crippen LogP contribution in [0.2, 0.25) is 0 Å². The van der Waals surface area contributed by atoms with E-state index in [0.29, 0.717) is 0 Å². The first-order valence-electron chi connectivity index (χ1n) is 6.71. The molecule has 0 aliphatic carbocycles. The predicted molar refractivity (Wildman–Crippen MR) is 87.1 cm³/mol. The quantitative estimate of drug-likeness (QED) is 0.593. The number of carbonyl (C=O) groups excluding carboxylic acids is 1. The second-order valence-electron chi connectivity index (χ2n) is 6.25. The molecule has 0 fully saturated rings. The number of hydrogen-bond donors (Lipinski definition) is 1. The molecule has 0 bridgehead atoms. The van der Waals surface area contributed by atoms with Crippen molar-refractivity contribution in [3.8, 4) is 5.75 Å². The standard InChI is InChI=1S/C14H21NO6S2/c1-14(2,3)15-9-11(16)10-6-7-12(21-23(5,19)20)13(8-10)22(4,17)18/h6-8,15H,9H2,1-5H3. The summed E-state index contributed by atoms with van der Waals surface area (Å²) < 4.78 is 50.8. The maximum atomic E-state index is 12.2. The van der Waals surface area contributed by atoms with Gasteiger partial charge in [0.05, 0.1) is 12.8 Å². The Morgan fingerprint density at radius 2 is 1.70 bits per heavy atom. The number of nitrogens with one attached hydrogen (secondary N) is 1. The number of sulfone groups is 1. The molecule has 0 unspecified atom stereocenters. The predicted octanol–water partition coefficient (Wildman–Crippen LogP) is 0.999. The van der Waals surface area contributed by atoms with E-state index in [-0.39, 0.29) is 34.1 Å². The van der Waals surface area contributed by atoms with Gasteiger partial charge in [0.15, 0.2) is 21.4 Å². The fraction of sp³-hybridized carbons (Fsp3) is 0.500. The Morgan fingerprint density at radius 3 is 2.13 bits per heavy atom. The van der Waals surface area contributed by atoms with Crippen LogP contribution in [-0.4, -0.2) is 47.2 Å². The van der Waals surface area contributed by atoms with E-state index >= 15 is 0 Å². The van der Waals surface area contributed by atoms with Gasteiger partial charge in [0.1, 0.15) is 4.90 Å². The monoisotopic (exact) mass is 363 g/mol. The van der Waals surface area contributed by atoms with Crippen molar-refractivity contribution in [1.82, 2.24) is 5.32 Å². The average molecular weight is 363 g/mol. The van der Waals surface area contributed by atoms with Crippen molar-refractivity contribution >= 4 is 25.7 Å². The second-order valence-corrected chi connectivity index (χ2v) is 9.81. The maximum Gasteiger partial charge on any atom is 0.306 e. The number of Topliss-reactive ketones (excluding diaryl/α,β-unsaturated/α-hetero) is 1. The molecule has 130 valence electrons. The normalized spacial score (nSPS) is 12.9. The van der Waals surface area contributed by atoms with E-state index in [9.17, 15) is 21.6 Å². The van der Waals surface area contributed by atoms with E-state index in [4.69, 9.17) is 0 Å². The maximum absolute atomic E-state index is 12.2. The van der Waals surface area contributed by atoms with Crippen LogP contribution < -0.4 is 9.50 Å². The van der Waals surface area contributed by atoms with Crippen molar-refractivity contribution in [3.05, 3.63) is 23.8 Å². The van der Waals surface area contributed by atoms with Gasteiger partial charge >= 0.3 is 10.1 Å². The van der Waals surface area contributed by atoms with Crippen LogP contribution in [0, 0.1) is 0 Å². The summed E-state index contributed by atoms with van der Waals surface area (Å²) in [6, 6.07) is 3.63. The number of rotatable bonds is 6. The third-order valence-electron chi connectivity index (χ3n) is 2.69. The third kappa shape index (κ3) is 6.67. The number of hydrogen-bond acceptors (Lipinski definition) is 7. The Morgan fingerprint density at radius 1 is 1.13 bits per heavy atom. The Balaban J connectivity index is 3.22. The van der Waals surface area contributed by atoms with E-state index in [1.807, 2.05) is 20.8 Å². The topological polar surface area (TPSA) is 107 Å². The van der Waals surface area contributed by atoms with Gasteiger partial charge in [-0.3, -0.25) is 4.79 Å². The van der Waals surface area contributed by atoms with Crippen LogP contribution in [0.1, 0.15) is 31.1 Å². The summed E-state index contributed by atoms with van der Waals surface area (Å²) in [5, 5.41) is 3.01. The molecule has 1 aromatic rings. The smallest absolute Gasteiger partial charge is 0.306 e. The summed E-state index contributed by atoms with van der Waals surface area (Å²) in [5.74, 6) is -0.633. The molecule has 1 aromatic carbocycles. The molecule has 9 heteroatoms. The van der Waals surface area contributed by atoms with Crippen molar-refractivity contribution in [2.75, 3.05) is 19.1 Å². The minimum Gasteiger partial charge on any atom is -0.381 e. The fourth-order valence-corrected chi connectivity index (χ4v) is 2.99. The average Bonchev–Trinajstić information content (AvgIpc) is 2.32. The van der Waals surface area contributed by atoms with Crippen LogP contribution in [0.15, 0.2) is 23.1 Å². The zero-order chi connectivity index (χ0) is 18.1. The van der Waals surface area contributed by atoms with E-state index in [0.717, 1.165) is 18.6 Å². The van der Waals surface area contributed by atoms with Gasteiger partial charge in [0, 0.05) is 17.4 Å². The SMILES string of the molecule is CC(C)(C)NCC(=O)c1ccc(OS(C)(=O)=O)c(S(C)(=O)=O)c1. The van der Waals surface area contributed by atoms with Gasteiger partial charge in [-0.05, 0) is 39.0 Å². The zero-order valence-electron chi connectivity index (χ0n) is 13.7. The lowest BCUT2D eigenvalue weighted by atomic mass is 10.1. The van der Waals surface area contributed by atoms with Crippen LogP contribution in [0.25, 0.3) is 0 Å². The summed E-state index contributed by atoms with van der Waals surface area (Å²) in [5.41, 5.74) is -0.114. The first-order valence-corrected chi connectivity index (χ1v) is 10.4. The van der Waals surface area contributed by atoms with Crippen LogP contribution in [0.4, 0.5) is 0 Å². The molecule has 0 radical (unpaired) electrons. The minimum atomic E-state index is -3.88. The lowest BCUT2D eigenvalue weighted by Crippen LogP contribution is -2.39.